The Labute approximate surface area is 93.7 Å². The van der Waals surface area contributed by atoms with Crippen LogP contribution in [0.15, 0.2) is 35.6 Å². The van der Waals surface area contributed by atoms with Crippen LogP contribution < -0.4 is 5.32 Å². The number of benzene rings is 1. The molecule has 0 atom stereocenters. The van der Waals surface area contributed by atoms with Crippen LogP contribution in [0.3, 0.4) is 0 Å². The molecular weight excluding hydrogens is 202 g/mol. The van der Waals surface area contributed by atoms with Crippen LogP contribution in [0, 0.1) is 4.91 Å². The molecule has 0 radical (unpaired) electrons. The van der Waals surface area contributed by atoms with E-state index in [9.17, 15) is 4.91 Å². The van der Waals surface area contributed by atoms with E-state index >= 15 is 0 Å². The Hall–Kier alpha value is -1.97. The molecule has 0 bridgehead atoms. The van der Waals surface area contributed by atoms with Crippen molar-refractivity contribution in [2.24, 2.45) is 5.18 Å². The summed E-state index contributed by atoms with van der Waals surface area (Å²) in [6.07, 6.45) is 1.71. The monoisotopic (exact) mass is 215 g/mol. The van der Waals surface area contributed by atoms with Crippen molar-refractivity contribution in [3.05, 3.63) is 35.4 Å². The second kappa shape index (κ2) is 4.26. The standard InChI is InChI=1S/C12H13N3O/c1-8(2)14-11-6-5-10(15-16)9-4-3-7-13-12(9)11/h3-8,14H,1-2H3. The highest BCUT2D eigenvalue weighted by molar-refractivity contribution is 5.97. The largest absolute Gasteiger partial charge is 0.381 e. The van der Waals surface area contributed by atoms with Crippen LogP contribution in [0.25, 0.3) is 10.9 Å². The van der Waals surface area contributed by atoms with Gasteiger partial charge in [-0.2, -0.15) is 0 Å². The number of aromatic nitrogens is 1. The lowest BCUT2D eigenvalue weighted by Crippen LogP contribution is -2.10. The first-order chi connectivity index (χ1) is 7.72. The van der Waals surface area contributed by atoms with Crippen molar-refractivity contribution in [1.29, 1.82) is 0 Å². The number of hydrogen-bond donors (Lipinski definition) is 1. The van der Waals surface area contributed by atoms with Gasteiger partial charge in [-0.3, -0.25) is 4.98 Å². The Kier molecular flexibility index (Phi) is 2.81. The topological polar surface area (TPSA) is 54.4 Å². The summed E-state index contributed by atoms with van der Waals surface area (Å²) in [5, 5.41) is 7.07. The number of nitroso groups, excluding NO2 is 1. The van der Waals surface area contributed by atoms with Gasteiger partial charge in [0.05, 0.1) is 11.2 Å². The summed E-state index contributed by atoms with van der Waals surface area (Å²) in [5.74, 6) is 0. The van der Waals surface area contributed by atoms with Gasteiger partial charge in [-0.1, -0.05) is 0 Å². The van der Waals surface area contributed by atoms with Gasteiger partial charge in [0, 0.05) is 17.6 Å². The highest BCUT2D eigenvalue weighted by atomic mass is 16.3. The minimum Gasteiger partial charge on any atom is -0.381 e. The predicted molar refractivity (Wildman–Crippen MR) is 66.0 cm³/mol. The Bertz CT molecular complexity index is 523. The zero-order chi connectivity index (χ0) is 11.5. The van der Waals surface area contributed by atoms with Crippen LogP contribution in [-0.2, 0) is 0 Å². The van der Waals surface area contributed by atoms with Crippen LogP contribution in [0.5, 0.6) is 0 Å². The molecule has 0 aliphatic rings. The first kappa shape index (κ1) is 10.5. The van der Waals surface area contributed by atoms with Crippen molar-refractivity contribution in [2.75, 3.05) is 5.32 Å². The van der Waals surface area contributed by atoms with Crippen LogP contribution in [0.4, 0.5) is 11.4 Å². The SMILES string of the molecule is CC(C)Nc1ccc(N=O)c2cccnc12. The molecule has 0 fully saturated rings. The molecule has 2 rings (SSSR count). The Morgan fingerprint density at radius 1 is 1.31 bits per heavy atom. The molecule has 0 saturated carbocycles. The van der Waals surface area contributed by atoms with Crippen molar-refractivity contribution in [3.63, 3.8) is 0 Å². The number of rotatable bonds is 3. The van der Waals surface area contributed by atoms with Gasteiger partial charge in [0.15, 0.2) is 0 Å². The third kappa shape index (κ3) is 1.86. The molecule has 0 aliphatic heterocycles. The quantitative estimate of drug-likeness (QED) is 0.798. The molecule has 82 valence electrons. The van der Waals surface area contributed by atoms with Crippen molar-refractivity contribution in [3.8, 4) is 0 Å². The van der Waals surface area contributed by atoms with E-state index in [0.717, 1.165) is 16.6 Å². The van der Waals surface area contributed by atoms with Crippen molar-refractivity contribution >= 4 is 22.3 Å². The maximum absolute atomic E-state index is 10.7. The lowest BCUT2D eigenvalue weighted by Gasteiger charge is -2.12. The van der Waals surface area contributed by atoms with Crippen LogP contribution >= 0.6 is 0 Å². The first-order valence-corrected chi connectivity index (χ1v) is 5.20. The summed E-state index contributed by atoms with van der Waals surface area (Å²) in [6, 6.07) is 7.52. The van der Waals surface area contributed by atoms with E-state index in [4.69, 9.17) is 0 Å². The molecule has 0 saturated heterocycles. The number of nitrogens with one attached hydrogen (secondary N) is 1. The molecule has 0 spiro atoms. The number of pyridine rings is 1. The van der Waals surface area contributed by atoms with E-state index in [1.54, 1.807) is 18.3 Å². The Morgan fingerprint density at radius 2 is 2.12 bits per heavy atom. The second-order valence-corrected chi connectivity index (χ2v) is 3.92. The molecule has 1 N–H and O–H groups in total. The number of fused-ring (bicyclic) bond motifs is 1. The molecule has 0 amide bonds. The molecule has 4 heteroatoms. The van der Waals surface area contributed by atoms with E-state index < -0.39 is 0 Å². The normalized spacial score (nSPS) is 10.7. The number of nitrogens with zero attached hydrogens (tertiary/aromatic N) is 2. The summed E-state index contributed by atoms with van der Waals surface area (Å²) >= 11 is 0. The van der Waals surface area contributed by atoms with Gasteiger partial charge < -0.3 is 5.32 Å². The third-order valence-electron chi connectivity index (χ3n) is 2.29. The molecule has 16 heavy (non-hydrogen) atoms. The zero-order valence-corrected chi connectivity index (χ0v) is 9.27. The van der Waals surface area contributed by atoms with E-state index in [2.05, 4.69) is 29.3 Å². The highest BCUT2D eigenvalue weighted by Crippen LogP contribution is 2.30. The van der Waals surface area contributed by atoms with Gasteiger partial charge in [0.1, 0.15) is 5.69 Å². The fourth-order valence-corrected chi connectivity index (χ4v) is 1.66. The maximum atomic E-state index is 10.7. The van der Waals surface area contributed by atoms with Gasteiger partial charge in [0.2, 0.25) is 0 Å². The second-order valence-electron chi connectivity index (χ2n) is 3.92. The van der Waals surface area contributed by atoms with Gasteiger partial charge in [0.25, 0.3) is 0 Å². The first-order valence-electron chi connectivity index (χ1n) is 5.20. The smallest absolute Gasteiger partial charge is 0.117 e. The van der Waals surface area contributed by atoms with E-state index in [1.165, 1.54) is 0 Å². The summed E-state index contributed by atoms with van der Waals surface area (Å²) in [5.41, 5.74) is 2.14. The summed E-state index contributed by atoms with van der Waals surface area (Å²) in [6.45, 7) is 4.11. The third-order valence-corrected chi connectivity index (χ3v) is 2.29. The van der Waals surface area contributed by atoms with Gasteiger partial charge in [-0.05, 0) is 43.3 Å². The molecular formula is C12H13N3O. The molecule has 1 aromatic heterocycles. The number of hydrogen-bond acceptors (Lipinski definition) is 4. The average molecular weight is 215 g/mol. The summed E-state index contributed by atoms with van der Waals surface area (Å²) < 4.78 is 0. The molecule has 0 unspecified atom stereocenters. The van der Waals surface area contributed by atoms with Crippen LogP contribution in [0.1, 0.15) is 13.8 Å². The molecule has 1 aromatic carbocycles. The predicted octanol–water partition coefficient (Wildman–Crippen LogP) is 3.45. The summed E-state index contributed by atoms with van der Waals surface area (Å²) in [4.78, 5) is 14.9. The Balaban J connectivity index is 2.64. The van der Waals surface area contributed by atoms with Gasteiger partial charge in [-0.25, -0.2) is 0 Å². The maximum Gasteiger partial charge on any atom is 0.117 e. The lowest BCUT2D eigenvalue weighted by molar-refractivity contribution is 0.901. The lowest BCUT2D eigenvalue weighted by atomic mass is 10.1. The average Bonchev–Trinajstić information content (AvgIpc) is 2.29. The van der Waals surface area contributed by atoms with E-state index in [0.29, 0.717) is 11.7 Å². The fraction of sp³-hybridized carbons (Fsp3) is 0.250. The molecule has 2 aromatic rings. The van der Waals surface area contributed by atoms with Crippen LogP contribution in [0.2, 0.25) is 0 Å². The Morgan fingerprint density at radius 3 is 2.81 bits per heavy atom. The minimum absolute atomic E-state index is 0.320. The zero-order valence-electron chi connectivity index (χ0n) is 9.27. The van der Waals surface area contributed by atoms with Crippen molar-refractivity contribution in [2.45, 2.75) is 19.9 Å². The highest BCUT2D eigenvalue weighted by Gasteiger charge is 2.07. The van der Waals surface area contributed by atoms with Gasteiger partial charge in [-0.15, -0.1) is 4.91 Å². The van der Waals surface area contributed by atoms with Crippen molar-refractivity contribution < 1.29 is 0 Å². The fourth-order valence-electron chi connectivity index (χ4n) is 1.66. The van der Waals surface area contributed by atoms with E-state index in [1.807, 2.05) is 12.1 Å². The van der Waals surface area contributed by atoms with Crippen LogP contribution in [-0.4, -0.2) is 11.0 Å². The minimum atomic E-state index is 0.320. The summed E-state index contributed by atoms with van der Waals surface area (Å²) in [7, 11) is 0. The van der Waals surface area contributed by atoms with Crippen molar-refractivity contribution in [1.82, 2.24) is 4.98 Å². The molecule has 4 nitrogen and oxygen atoms in total. The number of anilines is 1. The van der Waals surface area contributed by atoms with Gasteiger partial charge >= 0.3 is 0 Å². The molecule has 0 aliphatic carbocycles. The molecule has 1 heterocycles. The van der Waals surface area contributed by atoms with E-state index in [-0.39, 0.29) is 0 Å².